The zero-order chi connectivity index (χ0) is 11.9. The molecule has 0 spiro atoms. The summed E-state index contributed by atoms with van der Waals surface area (Å²) in [5, 5.41) is 9.95. The zero-order valence-electron chi connectivity index (χ0n) is 9.80. The average Bonchev–Trinajstić information content (AvgIpc) is 2.61. The van der Waals surface area contributed by atoms with Crippen molar-refractivity contribution < 1.29 is 14.6 Å². The molecule has 1 N–H and O–H groups in total. The fraction of sp³-hybridized carbons (Fsp3) is 0.583. The second-order valence-electron chi connectivity index (χ2n) is 4.43. The summed E-state index contributed by atoms with van der Waals surface area (Å²) in [5.74, 6) is 0.0418. The van der Waals surface area contributed by atoms with Crippen molar-refractivity contribution in [3.05, 3.63) is 23.0 Å². The normalized spacial score (nSPS) is 28.9. The van der Waals surface area contributed by atoms with Gasteiger partial charge in [-0.3, -0.25) is 4.79 Å². The quantitative estimate of drug-likeness (QED) is 0.771. The molecule has 0 saturated carbocycles. The number of fused-ring (bicyclic) bond motifs is 1. The van der Waals surface area contributed by atoms with Gasteiger partial charge in [-0.2, -0.15) is 0 Å². The molecule has 2 rings (SSSR count). The Hall–Kier alpha value is -1.13. The van der Waals surface area contributed by atoms with Crippen LogP contribution in [0.1, 0.15) is 47.0 Å². The Morgan fingerprint density at radius 1 is 1.62 bits per heavy atom. The topological polar surface area (TPSA) is 51.5 Å². The van der Waals surface area contributed by atoms with E-state index in [1.807, 2.05) is 18.5 Å². The third-order valence-corrected chi connectivity index (χ3v) is 3.50. The lowest BCUT2D eigenvalue weighted by molar-refractivity contribution is 0.0215. The fourth-order valence-corrected chi connectivity index (χ4v) is 2.63. The summed E-state index contributed by atoms with van der Waals surface area (Å²) < 4.78 is 7.27. The van der Waals surface area contributed by atoms with Crippen molar-refractivity contribution in [3.8, 4) is 0 Å². The van der Waals surface area contributed by atoms with Crippen LogP contribution in [-0.2, 0) is 11.8 Å². The highest BCUT2D eigenvalue weighted by molar-refractivity contribution is 5.78. The molecular formula is C12H17NO3. The van der Waals surface area contributed by atoms with Gasteiger partial charge in [-0.1, -0.05) is 6.92 Å². The molecule has 1 aromatic rings. The van der Waals surface area contributed by atoms with Gasteiger partial charge in [0.1, 0.15) is 0 Å². The molecule has 4 nitrogen and oxygen atoms in total. The summed E-state index contributed by atoms with van der Waals surface area (Å²) in [7, 11) is 3.51. The maximum Gasteiger partial charge on any atom is 0.151 e. The fourth-order valence-electron chi connectivity index (χ4n) is 2.63. The van der Waals surface area contributed by atoms with E-state index in [1.165, 1.54) is 0 Å². The minimum Gasteiger partial charge on any atom is -0.392 e. The van der Waals surface area contributed by atoms with E-state index < -0.39 is 6.10 Å². The molecule has 0 fully saturated rings. The first-order valence-electron chi connectivity index (χ1n) is 5.45. The largest absolute Gasteiger partial charge is 0.392 e. The van der Waals surface area contributed by atoms with Crippen molar-refractivity contribution in [2.75, 3.05) is 7.11 Å². The monoisotopic (exact) mass is 223 g/mol. The summed E-state index contributed by atoms with van der Waals surface area (Å²) in [5.41, 5.74) is 2.62. The maximum atomic E-state index is 11.0. The Morgan fingerprint density at radius 3 is 2.88 bits per heavy atom. The molecule has 16 heavy (non-hydrogen) atoms. The van der Waals surface area contributed by atoms with Crippen LogP contribution in [0.15, 0.2) is 6.20 Å². The zero-order valence-corrected chi connectivity index (χ0v) is 9.80. The lowest BCUT2D eigenvalue weighted by atomic mass is 9.83. The number of carbonyl (C=O) groups is 1. The van der Waals surface area contributed by atoms with Gasteiger partial charge in [0.2, 0.25) is 0 Å². The Labute approximate surface area is 94.8 Å². The van der Waals surface area contributed by atoms with Crippen molar-refractivity contribution in [2.45, 2.75) is 31.5 Å². The van der Waals surface area contributed by atoms with Crippen molar-refractivity contribution in [2.24, 2.45) is 7.05 Å². The number of nitrogens with zero attached hydrogens (tertiary/aromatic N) is 1. The smallest absolute Gasteiger partial charge is 0.151 e. The van der Waals surface area contributed by atoms with E-state index in [-0.39, 0.29) is 12.0 Å². The van der Waals surface area contributed by atoms with Gasteiger partial charge in [0.15, 0.2) is 6.29 Å². The Bertz CT molecular complexity index is 411. The molecule has 0 unspecified atom stereocenters. The van der Waals surface area contributed by atoms with Crippen LogP contribution in [0.2, 0.25) is 0 Å². The highest BCUT2D eigenvalue weighted by atomic mass is 16.5. The molecule has 1 heterocycles. The Kier molecular flexibility index (Phi) is 2.86. The molecule has 0 aromatic carbocycles. The Balaban J connectivity index is 2.59. The molecule has 0 saturated heterocycles. The number of aryl methyl sites for hydroxylation is 1. The summed E-state index contributed by atoms with van der Waals surface area (Å²) in [6.45, 7) is 1.98. The van der Waals surface area contributed by atoms with Gasteiger partial charge < -0.3 is 14.4 Å². The first-order chi connectivity index (χ1) is 7.60. The number of aliphatic hydroxyl groups excluding tert-OH is 1. The standard InChI is InChI=1S/C12H17NO3/c1-7-9(15)4-10(16-3)11-8(6-14)5-13(2)12(7)11/h5-7,9-10,15H,4H2,1-3H3/t7-,9-,10-/m0/s1. The van der Waals surface area contributed by atoms with Crippen LogP contribution in [0.4, 0.5) is 0 Å². The number of carbonyl (C=O) groups excluding carboxylic acids is 1. The van der Waals surface area contributed by atoms with E-state index >= 15 is 0 Å². The van der Waals surface area contributed by atoms with E-state index in [4.69, 9.17) is 4.74 Å². The molecular weight excluding hydrogens is 206 g/mol. The molecule has 4 heteroatoms. The maximum absolute atomic E-state index is 11.0. The third-order valence-electron chi connectivity index (χ3n) is 3.50. The molecule has 0 amide bonds. The van der Waals surface area contributed by atoms with Crippen molar-refractivity contribution in [1.29, 1.82) is 0 Å². The number of hydrogen-bond donors (Lipinski definition) is 1. The molecule has 1 aromatic heterocycles. The summed E-state index contributed by atoms with van der Waals surface area (Å²) in [6.07, 6.45) is 2.62. The molecule has 0 radical (unpaired) electrons. The van der Waals surface area contributed by atoms with Crippen LogP contribution < -0.4 is 0 Å². The first kappa shape index (κ1) is 11.4. The van der Waals surface area contributed by atoms with Gasteiger partial charge >= 0.3 is 0 Å². The van der Waals surface area contributed by atoms with Crippen LogP contribution >= 0.6 is 0 Å². The summed E-state index contributed by atoms with van der Waals surface area (Å²) in [6, 6.07) is 0. The predicted octanol–water partition coefficient (Wildman–Crippen LogP) is 1.39. The SMILES string of the molecule is CO[C@H]1C[C@H](O)[C@H](C)c2c1c(C=O)cn2C. The highest BCUT2D eigenvalue weighted by Gasteiger charge is 2.35. The third kappa shape index (κ3) is 1.49. The second kappa shape index (κ2) is 4.03. The van der Waals surface area contributed by atoms with Crippen molar-refractivity contribution >= 4 is 6.29 Å². The second-order valence-corrected chi connectivity index (χ2v) is 4.43. The van der Waals surface area contributed by atoms with Gasteiger partial charge in [0.25, 0.3) is 0 Å². The number of aldehydes is 1. The minimum atomic E-state index is -0.412. The number of methoxy groups -OCH3 is 1. The molecule has 1 aliphatic carbocycles. The predicted molar refractivity (Wildman–Crippen MR) is 59.6 cm³/mol. The molecule has 3 atom stereocenters. The average molecular weight is 223 g/mol. The van der Waals surface area contributed by atoms with E-state index in [0.717, 1.165) is 17.5 Å². The number of rotatable bonds is 2. The van der Waals surface area contributed by atoms with E-state index in [0.29, 0.717) is 12.0 Å². The van der Waals surface area contributed by atoms with Crippen LogP contribution in [0, 0.1) is 0 Å². The van der Waals surface area contributed by atoms with Crippen LogP contribution in [0.5, 0.6) is 0 Å². The lowest BCUT2D eigenvalue weighted by Gasteiger charge is -2.31. The van der Waals surface area contributed by atoms with Crippen molar-refractivity contribution in [1.82, 2.24) is 4.57 Å². The van der Waals surface area contributed by atoms with Gasteiger partial charge in [-0.05, 0) is 0 Å². The van der Waals surface area contributed by atoms with Gasteiger partial charge in [0.05, 0.1) is 12.2 Å². The lowest BCUT2D eigenvalue weighted by Crippen LogP contribution is -2.28. The molecule has 88 valence electrons. The highest BCUT2D eigenvalue weighted by Crippen LogP contribution is 2.41. The summed E-state index contributed by atoms with van der Waals surface area (Å²) in [4.78, 5) is 11.0. The van der Waals surface area contributed by atoms with Crippen LogP contribution in [0.3, 0.4) is 0 Å². The van der Waals surface area contributed by atoms with Gasteiger partial charge in [-0.25, -0.2) is 0 Å². The number of ether oxygens (including phenoxy) is 1. The van der Waals surface area contributed by atoms with E-state index in [9.17, 15) is 9.90 Å². The van der Waals surface area contributed by atoms with Crippen molar-refractivity contribution in [3.63, 3.8) is 0 Å². The van der Waals surface area contributed by atoms with Gasteiger partial charge in [-0.15, -0.1) is 0 Å². The van der Waals surface area contributed by atoms with Gasteiger partial charge in [0, 0.05) is 49.5 Å². The number of hydrogen-bond acceptors (Lipinski definition) is 3. The first-order valence-corrected chi connectivity index (χ1v) is 5.45. The van der Waals surface area contributed by atoms with E-state index in [2.05, 4.69) is 0 Å². The minimum absolute atomic E-state index is 0.0418. The molecule has 0 bridgehead atoms. The van der Waals surface area contributed by atoms with Crippen LogP contribution in [0.25, 0.3) is 0 Å². The summed E-state index contributed by atoms with van der Waals surface area (Å²) >= 11 is 0. The Morgan fingerprint density at radius 2 is 2.31 bits per heavy atom. The number of aromatic nitrogens is 1. The number of aliphatic hydroxyl groups is 1. The molecule has 0 aliphatic heterocycles. The van der Waals surface area contributed by atoms with E-state index in [1.54, 1.807) is 13.3 Å². The van der Waals surface area contributed by atoms with Crippen LogP contribution in [-0.4, -0.2) is 29.2 Å². The molecule has 1 aliphatic rings.